The standard InChI is InChI=1S/C18H29N3O2/c1-4-6-7-11-15(22)21-17(14-10-8-9-12-20-14)18(23)16(19)13(3)5-2/h8-10,12-13,16-17H,4-7,11,19H2,1-3H3,(H,21,22)/t13-,16-,17?/m0/s1. The summed E-state index contributed by atoms with van der Waals surface area (Å²) in [6, 6.07) is 3.96. The van der Waals surface area contributed by atoms with E-state index in [1.807, 2.05) is 13.8 Å². The number of nitrogens with one attached hydrogen (secondary N) is 1. The number of hydrogen-bond acceptors (Lipinski definition) is 4. The van der Waals surface area contributed by atoms with E-state index in [0.717, 1.165) is 25.7 Å². The second-order valence-electron chi connectivity index (χ2n) is 6.03. The Hall–Kier alpha value is -1.75. The van der Waals surface area contributed by atoms with E-state index in [0.29, 0.717) is 12.1 Å². The van der Waals surface area contributed by atoms with Gasteiger partial charge >= 0.3 is 0 Å². The topological polar surface area (TPSA) is 85.1 Å². The summed E-state index contributed by atoms with van der Waals surface area (Å²) >= 11 is 0. The van der Waals surface area contributed by atoms with Crippen molar-refractivity contribution in [3.8, 4) is 0 Å². The Morgan fingerprint density at radius 1 is 1.26 bits per heavy atom. The van der Waals surface area contributed by atoms with Crippen LogP contribution in [0.4, 0.5) is 0 Å². The first-order valence-electron chi connectivity index (χ1n) is 8.50. The molecule has 1 aromatic rings. The van der Waals surface area contributed by atoms with Gasteiger partial charge in [0, 0.05) is 12.6 Å². The van der Waals surface area contributed by atoms with Gasteiger partial charge < -0.3 is 11.1 Å². The number of hydrogen-bond donors (Lipinski definition) is 2. The molecule has 0 aromatic carbocycles. The lowest BCUT2D eigenvalue weighted by atomic mass is 9.91. The molecule has 128 valence electrons. The van der Waals surface area contributed by atoms with E-state index in [-0.39, 0.29) is 17.6 Å². The predicted octanol–water partition coefficient (Wildman–Crippen LogP) is 2.76. The monoisotopic (exact) mass is 319 g/mol. The zero-order valence-electron chi connectivity index (χ0n) is 14.4. The van der Waals surface area contributed by atoms with E-state index in [1.165, 1.54) is 0 Å². The Balaban J connectivity index is 2.86. The minimum atomic E-state index is -0.769. The highest BCUT2D eigenvalue weighted by Gasteiger charge is 2.30. The van der Waals surface area contributed by atoms with E-state index in [4.69, 9.17) is 5.73 Å². The SMILES string of the molecule is CCCCCC(=O)NC(C(=O)[C@@H](N)[C@@H](C)CC)c1ccccn1. The first kappa shape index (κ1) is 19.3. The third-order valence-electron chi connectivity index (χ3n) is 4.17. The van der Waals surface area contributed by atoms with Gasteiger partial charge in [-0.1, -0.05) is 46.1 Å². The summed E-state index contributed by atoms with van der Waals surface area (Å²) in [7, 11) is 0. The highest BCUT2D eigenvalue weighted by Crippen LogP contribution is 2.17. The van der Waals surface area contributed by atoms with Crippen molar-refractivity contribution in [3.63, 3.8) is 0 Å². The molecule has 0 fully saturated rings. The fraction of sp³-hybridized carbons (Fsp3) is 0.611. The van der Waals surface area contributed by atoms with Crippen LogP contribution < -0.4 is 11.1 Å². The summed E-state index contributed by atoms with van der Waals surface area (Å²) in [5.41, 5.74) is 6.62. The molecule has 1 aromatic heterocycles. The number of aromatic nitrogens is 1. The Bertz CT molecular complexity index is 490. The first-order valence-corrected chi connectivity index (χ1v) is 8.50. The van der Waals surface area contributed by atoms with Crippen LogP contribution in [0.1, 0.15) is 64.6 Å². The quantitative estimate of drug-likeness (QED) is 0.649. The van der Waals surface area contributed by atoms with Gasteiger partial charge in [0.05, 0.1) is 11.7 Å². The number of amides is 1. The lowest BCUT2D eigenvalue weighted by molar-refractivity contribution is -0.129. The average molecular weight is 319 g/mol. The van der Waals surface area contributed by atoms with E-state index < -0.39 is 12.1 Å². The van der Waals surface area contributed by atoms with Crippen LogP contribution in [0.2, 0.25) is 0 Å². The summed E-state index contributed by atoms with van der Waals surface area (Å²) in [5.74, 6) is -0.244. The summed E-state index contributed by atoms with van der Waals surface area (Å²) in [5, 5.41) is 2.82. The van der Waals surface area contributed by atoms with Gasteiger partial charge in [-0.15, -0.1) is 0 Å². The van der Waals surface area contributed by atoms with Gasteiger partial charge in [-0.3, -0.25) is 14.6 Å². The van der Waals surface area contributed by atoms with E-state index in [1.54, 1.807) is 24.4 Å². The smallest absolute Gasteiger partial charge is 0.220 e. The maximum Gasteiger partial charge on any atom is 0.220 e. The lowest BCUT2D eigenvalue weighted by Gasteiger charge is -2.24. The molecule has 1 rings (SSSR count). The number of ketones is 1. The molecule has 5 heteroatoms. The molecule has 3 atom stereocenters. The molecule has 0 aliphatic carbocycles. The van der Waals surface area contributed by atoms with Crippen molar-refractivity contribution >= 4 is 11.7 Å². The molecule has 1 amide bonds. The largest absolute Gasteiger partial charge is 0.341 e. The van der Waals surface area contributed by atoms with Gasteiger partial charge in [0.1, 0.15) is 6.04 Å². The molecule has 0 bridgehead atoms. The highest BCUT2D eigenvalue weighted by molar-refractivity contribution is 5.93. The molecule has 3 N–H and O–H groups in total. The predicted molar refractivity (Wildman–Crippen MR) is 91.7 cm³/mol. The van der Waals surface area contributed by atoms with Crippen LogP contribution in [0.5, 0.6) is 0 Å². The van der Waals surface area contributed by atoms with Gasteiger partial charge in [0.15, 0.2) is 5.78 Å². The van der Waals surface area contributed by atoms with Crippen LogP contribution >= 0.6 is 0 Å². The Morgan fingerprint density at radius 2 is 2.00 bits per heavy atom. The van der Waals surface area contributed by atoms with Crippen LogP contribution in [0, 0.1) is 5.92 Å². The molecular weight excluding hydrogens is 290 g/mol. The number of carbonyl (C=O) groups is 2. The third-order valence-corrected chi connectivity index (χ3v) is 4.17. The van der Waals surface area contributed by atoms with Gasteiger partial charge in [-0.05, 0) is 24.5 Å². The van der Waals surface area contributed by atoms with Crippen molar-refractivity contribution in [1.29, 1.82) is 0 Å². The molecular formula is C18H29N3O2. The maximum atomic E-state index is 12.7. The van der Waals surface area contributed by atoms with Crippen molar-refractivity contribution in [3.05, 3.63) is 30.1 Å². The lowest BCUT2D eigenvalue weighted by Crippen LogP contribution is -2.45. The van der Waals surface area contributed by atoms with Crippen LogP contribution in [0.15, 0.2) is 24.4 Å². The number of pyridine rings is 1. The summed E-state index contributed by atoms with van der Waals surface area (Å²) in [6.07, 6.45) is 5.72. The molecule has 0 aliphatic heterocycles. The van der Waals surface area contributed by atoms with Crippen LogP contribution in [-0.2, 0) is 9.59 Å². The molecule has 0 spiro atoms. The van der Waals surface area contributed by atoms with Gasteiger partial charge in [0.2, 0.25) is 5.91 Å². The second kappa shape index (κ2) is 10.1. The van der Waals surface area contributed by atoms with Gasteiger partial charge in [-0.2, -0.15) is 0 Å². The molecule has 5 nitrogen and oxygen atoms in total. The van der Waals surface area contributed by atoms with Crippen molar-refractivity contribution < 1.29 is 9.59 Å². The van der Waals surface area contributed by atoms with Gasteiger partial charge in [0.25, 0.3) is 0 Å². The molecule has 23 heavy (non-hydrogen) atoms. The normalized spacial score (nSPS) is 14.8. The van der Waals surface area contributed by atoms with Crippen LogP contribution in [0.25, 0.3) is 0 Å². The number of Topliss-reactive ketones (excluding diaryl/α,β-unsaturated/α-hetero) is 1. The fourth-order valence-corrected chi connectivity index (χ4v) is 2.33. The molecule has 0 aliphatic rings. The number of unbranched alkanes of at least 4 members (excludes halogenated alkanes) is 2. The van der Waals surface area contributed by atoms with E-state index in [9.17, 15) is 9.59 Å². The minimum Gasteiger partial charge on any atom is -0.341 e. The van der Waals surface area contributed by atoms with Crippen molar-refractivity contribution in [2.75, 3.05) is 0 Å². The summed E-state index contributed by atoms with van der Waals surface area (Å²) in [6.45, 7) is 6.03. The minimum absolute atomic E-state index is 0.0608. The van der Waals surface area contributed by atoms with Crippen molar-refractivity contribution in [1.82, 2.24) is 10.3 Å². The first-order chi connectivity index (χ1) is 11.0. The molecule has 1 unspecified atom stereocenters. The summed E-state index contributed by atoms with van der Waals surface area (Å²) < 4.78 is 0. The maximum absolute atomic E-state index is 12.7. The Morgan fingerprint density at radius 3 is 2.57 bits per heavy atom. The van der Waals surface area contributed by atoms with E-state index in [2.05, 4.69) is 17.2 Å². The second-order valence-corrected chi connectivity index (χ2v) is 6.03. The zero-order chi connectivity index (χ0) is 17.2. The van der Waals surface area contributed by atoms with Crippen LogP contribution in [0.3, 0.4) is 0 Å². The molecule has 0 radical (unpaired) electrons. The number of nitrogens with zero attached hydrogens (tertiary/aromatic N) is 1. The van der Waals surface area contributed by atoms with Crippen molar-refractivity contribution in [2.45, 2.75) is 65.0 Å². The van der Waals surface area contributed by atoms with E-state index >= 15 is 0 Å². The molecule has 1 heterocycles. The Kier molecular flexibility index (Phi) is 8.48. The number of rotatable bonds is 10. The fourth-order valence-electron chi connectivity index (χ4n) is 2.33. The average Bonchev–Trinajstić information content (AvgIpc) is 2.58. The van der Waals surface area contributed by atoms with Crippen molar-refractivity contribution in [2.24, 2.45) is 11.7 Å². The molecule has 0 saturated heterocycles. The number of nitrogens with two attached hydrogens (primary N) is 1. The summed E-state index contributed by atoms with van der Waals surface area (Å²) in [4.78, 5) is 29.1. The van der Waals surface area contributed by atoms with Crippen LogP contribution in [-0.4, -0.2) is 22.7 Å². The Labute approximate surface area is 139 Å². The third kappa shape index (κ3) is 6.10. The highest BCUT2D eigenvalue weighted by atomic mass is 16.2. The molecule has 0 saturated carbocycles. The van der Waals surface area contributed by atoms with Gasteiger partial charge in [-0.25, -0.2) is 0 Å². The number of carbonyl (C=O) groups excluding carboxylic acids is 2. The zero-order valence-corrected chi connectivity index (χ0v) is 14.4.